The van der Waals surface area contributed by atoms with Crippen molar-refractivity contribution in [3.8, 4) is 16.8 Å². The van der Waals surface area contributed by atoms with Gasteiger partial charge in [0.1, 0.15) is 0 Å². The summed E-state index contributed by atoms with van der Waals surface area (Å²) < 4.78 is 4.81. The normalized spacial score (nSPS) is 14.6. The fourth-order valence-corrected chi connectivity index (χ4v) is 7.82. The molecule has 1 unspecified atom stereocenters. The van der Waals surface area contributed by atoms with Crippen LogP contribution in [0.2, 0.25) is 0 Å². The van der Waals surface area contributed by atoms with E-state index >= 15 is 0 Å². The Balaban J connectivity index is 1.15. The van der Waals surface area contributed by atoms with Crippen LogP contribution in [-0.4, -0.2) is 9.13 Å². The number of nitrogens with zero attached hydrogens (tertiary/aromatic N) is 2. The minimum atomic E-state index is 0.0339. The predicted molar refractivity (Wildman–Crippen MR) is 210 cm³/mol. The van der Waals surface area contributed by atoms with Gasteiger partial charge < -0.3 is 14.5 Å². The zero-order chi connectivity index (χ0) is 33.0. The summed E-state index contributed by atoms with van der Waals surface area (Å²) in [5.41, 5.74) is 13.1. The number of allylic oxidation sites excluding steroid dienone is 2. The van der Waals surface area contributed by atoms with Crippen LogP contribution in [0, 0.1) is 0 Å². The Bertz CT molecular complexity index is 2770. The van der Waals surface area contributed by atoms with E-state index in [4.69, 9.17) is 0 Å². The SMILES string of the molecule is C1=C(c2ccccc2)NC(c2ccccc2)C=C1n1c2ccccc2c2cc(-c3ccc4c(c3)c3ccccc3n4-c3ccccc3)ccc21. The monoisotopic (exact) mass is 639 g/mol. The zero-order valence-corrected chi connectivity index (χ0v) is 27.4. The van der Waals surface area contributed by atoms with Crippen molar-refractivity contribution in [3.63, 3.8) is 0 Å². The van der Waals surface area contributed by atoms with Crippen LogP contribution in [0.15, 0.2) is 188 Å². The van der Waals surface area contributed by atoms with E-state index in [1.165, 1.54) is 71.6 Å². The summed E-state index contributed by atoms with van der Waals surface area (Å²) in [6, 6.07) is 63.4. The first-order valence-electron chi connectivity index (χ1n) is 17.2. The van der Waals surface area contributed by atoms with Crippen LogP contribution in [0.25, 0.3) is 71.8 Å². The molecule has 0 spiro atoms. The first kappa shape index (κ1) is 28.4. The lowest BCUT2D eigenvalue weighted by atomic mass is 9.99. The van der Waals surface area contributed by atoms with Crippen molar-refractivity contribution in [2.45, 2.75) is 6.04 Å². The summed E-state index contributed by atoms with van der Waals surface area (Å²) in [4.78, 5) is 0. The third-order valence-electron chi connectivity index (χ3n) is 10.1. The van der Waals surface area contributed by atoms with Crippen LogP contribution in [0.1, 0.15) is 17.2 Å². The van der Waals surface area contributed by atoms with Gasteiger partial charge >= 0.3 is 0 Å². The van der Waals surface area contributed by atoms with E-state index in [2.05, 4.69) is 203 Å². The largest absolute Gasteiger partial charge is 0.374 e. The molecule has 1 atom stereocenters. The van der Waals surface area contributed by atoms with Crippen LogP contribution in [0.3, 0.4) is 0 Å². The van der Waals surface area contributed by atoms with Gasteiger partial charge in [0, 0.05) is 38.6 Å². The summed E-state index contributed by atoms with van der Waals surface area (Å²) in [5.74, 6) is 0. The van der Waals surface area contributed by atoms with E-state index in [-0.39, 0.29) is 6.04 Å². The molecule has 3 heterocycles. The second-order valence-corrected chi connectivity index (χ2v) is 13.1. The summed E-state index contributed by atoms with van der Waals surface area (Å²) in [6.45, 7) is 0. The lowest BCUT2D eigenvalue weighted by Crippen LogP contribution is -2.22. The van der Waals surface area contributed by atoms with Gasteiger partial charge in [0.2, 0.25) is 0 Å². The number of dihydropyridines is 1. The molecule has 0 aliphatic carbocycles. The van der Waals surface area contributed by atoms with Crippen molar-refractivity contribution in [2.75, 3.05) is 0 Å². The van der Waals surface area contributed by atoms with Crippen LogP contribution >= 0.6 is 0 Å². The lowest BCUT2D eigenvalue weighted by Gasteiger charge is -2.26. The molecule has 0 saturated carbocycles. The van der Waals surface area contributed by atoms with E-state index in [0.717, 1.165) is 11.4 Å². The molecule has 0 fully saturated rings. The fourth-order valence-electron chi connectivity index (χ4n) is 7.82. The highest BCUT2D eigenvalue weighted by Crippen LogP contribution is 2.40. The van der Waals surface area contributed by atoms with Crippen molar-refractivity contribution in [2.24, 2.45) is 0 Å². The molecular weight excluding hydrogens is 607 g/mol. The molecule has 3 heteroatoms. The highest BCUT2D eigenvalue weighted by Gasteiger charge is 2.21. The molecule has 7 aromatic carbocycles. The molecule has 10 rings (SSSR count). The van der Waals surface area contributed by atoms with Gasteiger partial charge in [-0.15, -0.1) is 0 Å². The quantitative estimate of drug-likeness (QED) is 0.199. The molecule has 1 aliphatic rings. The molecule has 3 nitrogen and oxygen atoms in total. The van der Waals surface area contributed by atoms with E-state index < -0.39 is 0 Å². The summed E-state index contributed by atoms with van der Waals surface area (Å²) in [6.07, 6.45) is 4.66. The van der Waals surface area contributed by atoms with Crippen molar-refractivity contribution in [1.82, 2.24) is 14.5 Å². The molecule has 1 aliphatic heterocycles. The van der Waals surface area contributed by atoms with Crippen molar-refractivity contribution >= 4 is 55.0 Å². The third kappa shape index (κ3) is 4.59. The maximum Gasteiger partial charge on any atom is 0.0721 e. The molecule has 1 N–H and O–H groups in total. The molecule has 236 valence electrons. The highest BCUT2D eigenvalue weighted by atomic mass is 15.0. The van der Waals surface area contributed by atoms with E-state index in [1.807, 2.05) is 0 Å². The molecule has 0 radical (unpaired) electrons. The Labute approximate surface area is 290 Å². The number of hydrogen-bond acceptors (Lipinski definition) is 1. The number of fused-ring (bicyclic) bond motifs is 6. The zero-order valence-electron chi connectivity index (χ0n) is 27.4. The van der Waals surface area contributed by atoms with Crippen molar-refractivity contribution in [1.29, 1.82) is 0 Å². The molecular formula is C47H33N3. The van der Waals surface area contributed by atoms with Gasteiger partial charge in [-0.05, 0) is 82.9 Å². The second kappa shape index (κ2) is 11.5. The standard InChI is InChI=1S/C47H33N3/c1-4-14-32(15-5-1)42-30-37(31-43(48-42)33-16-6-2-7-17-33)50-45-23-13-11-21-39(45)41-29-35(25-27-47(41)50)34-24-26-46-40(28-34)38-20-10-12-22-44(38)49(46)36-18-8-3-9-19-36/h1-31,42,48H. The third-order valence-corrected chi connectivity index (χ3v) is 10.1. The van der Waals surface area contributed by atoms with Gasteiger partial charge in [-0.1, -0.05) is 127 Å². The number of aromatic nitrogens is 2. The van der Waals surface area contributed by atoms with Gasteiger partial charge in [0.05, 0.1) is 28.1 Å². The predicted octanol–water partition coefficient (Wildman–Crippen LogP) is 11.8. The summed E-state index contributed by atoms with van der Waals surface area (Å²) >= 11 is 0. The van der Waals surface area contributed by atoms with E-state index in [9.17, 15) is 0 Å². The molecule has 0 amide bonds. The van der Waals surface area contributed by atoms with Gasteiger partial charge in [-0.2, -0.15) is 0 Å². The van der Waals surface area contributed by atoms with Crippen LogP contribution in [0.5, 0.6) is 0 Å². The highest BCUT2D eigenvalue weighted by molar-refractivity contribution is 6.13. The smallest absolute Gasteiger partial charge is 0.0721 e. The Morgan fingerprint density at radius 3 is 1.54 bits per heavy atom. The lowest BCUT2D eigenvalue weighted by molar-refractivity contribution is 0.762. The molecule has 0 bridgehead atoms. The summed E-state index contributed by atoms with van der Waals surface area (Å²) in [7, 11) is 0. The van der Waals surface area contributed by atoms with Crippen LogP contribution in [0.4, 0.5) is 0 Å². The molecule has 0 saturated heterocycles. The maximum atomic E-state index is 3.81. The Hall–Kier alpha value is -6.58. The Kier molecular flexibility index (Phi) is 6.56. The average molecular weight is 640 g/mol. The van der Waals surface area contributed by atoms with Gasteiger partial charge in [0.15, 0.2) is 0 Å². The first-order chi connectivity index (χ1) is 24.8. The molecule has 2 aromatic heterocycles. The number of benzene rings is 7. The average Bonchev–Trinajstić information content (AvgIpc) is 3.71. The van der Waals surface area contributed by atoms with Gasteiger partial charge in [-0.3, -0.25) is 0 Å². The fraction of sp³-hybridized carbons (Fsp3) is 0.0213. The minimum Gasteiger partial charge on any atom is -0.374 e. The number of nitrogens with one attached hydrogen (secondary N) is 1. The number of para-hydroxylation sites is 3. The van der Waals surface area contributed by atoms with E-state index in [0.29, 0.717) is 0 Å². The van der Waals surface area contributed by atoms with Gasteiger partial charge in [-0.25, -0.2) is 0 Å². The van der Waals surface area contributed by atoms with Crippen molar-refractivity contribution < 1.29 is 0 Å². The molecule has 9 aromatic rings. The Morgan fingerprint density at radius 2 is 0.900 bits per heavy atom. The topological polar surface area (TPSA) is 21.9 Å². The van der Waals surface area contributed by atoms with Crippen LogP contribution < -0.4 is 5.32 Å². The maximum absolute atomic E-state index is 3.81. The number of hydrogen-bond donors (Lipinski definition) is 1. The minimum absolute atomic E-state index is 0.0339. The number of rotatable bonds is 5. The second-order valence-electron chi connectivity index (χ2n) is 13.1. The van der Waals surface area contributed by atoms with E-state index in [1.54, 1.807) is 0 Å². The van der Waals surface area contributed by atoms with Crippen LogP contribution in [-0.2, 0) is 0 Å². The summed E-state index contributed by atoms with van der Waals surface area (Å²) in [5, 5.41) is 8.83. The van der Waals surface area contributed by atoms with Crippen molar-refractivity contribution in [3.05, 3.63) is 199 Å². The van der Waals surface area contributed by atoms with Gasteiger partial charge in [0.25, 0.3) is 0 Å². The molecule has 50 heavy (non-hydrogen) atoms. The first-order valence-corrected chi connectivity index (χ1v) is 17.2. The Morgan fingerprint density at radius 1 is 0.400 bits per heavy atom.